The van der Waals surface area contributed by atoms with Crippen molar-refractivity contribution in [1.82, 2.24) is 24.8 Å². The van der Waals surface area contributed by atoms with Gasteiger partial charge in [0.25, 0.3) is 5.91 Å². The Morgan fingerprint density at radius 1 is 1.12 bits per heavy atom. The fourth-order valence-corrected chi connectivity index (χ4v) is 3.89. The predicted molar refractivity (Wildman–Crippen MR) is 123 cm³/mol. The maximum Gasteiger partial charge on any atom is 0.305 e. The first-order valence-electron chi connectivity index (χ1n) is 10.8. The number of carbonyl (C=O) groups is 2. The molecular weight excluding hydrogens is 424 g/mol. The second-order valence-corrected chi connectivity index (χ2v) is 7.98. The Hall–Kier alpha value is -4.02. The van der Waals surface area contributed by atoms with Crippen LogP contribution in [0.2, 0.25) is 0 Å². The molecule has 5 N–H and O–H groups in total. The molecule has 0 aliphatic carbocycles. The average Bonchev–Trinajstić information content (AvgIpc) is 3.15. The lowest BCUT2D eigenvalue weighted by Gasteiger charge is -2.27. The number of carboxylic acid groups (broad SMARTS) is 1. The number of amides is 1. The van der Waals surface area contributed by atoms with Gasteiger partial charge in [0.1, 0.15) is 11.7 Å². The molecule has 3 aromatic rings. The zero-order chi connectivity index (χ0) is 23.5. The number of amidine groups is 1. The van der Waals surface area contributed by atoms with Gasteiger partial charge in [-0.2, -0.15) is 0 Å². The number of nitrogen functional groups attached to an aromatic ring is 1. The van der Waals surface area contributed by atoms with E-state index in [9.17, 15) is 9.59 Å². The van der Waals surface area contributed by atoms with Crippen LogP contribution in [-0.2, 0) is 11.8 Å². The van der Waals surface area contributed by atoms with E-state index in [1.54, 1.807) is 16.7 Å². The number of aryl methyl sites for hydroxylation is 1. The van der Waals surface area contributed by atoms with Gasteiger partial charge >= 0.3 is 5.97 Å². The van der Waals surface area contributed by atoms with E-state index < -0.39 is 11.9 Å². The molecule has 33 heavy (non-hydrogen) atoms. The number of nitrogens with zero attached hydrogens (tertiary/aromatic N) is 5. The van der Waals surface area contributed by atoms with Gasteiger partial charge in [-0.05, 0) is 19.3 Å². The molecule has 1 saturated heterocycles. The van der Waals surface area contributed by atoms with Crippen LogP contribution >= 0.6 is 0 Å². The summed E-state index contributed by atoms with van der Waals surface area (Å²) in [6, 6.07) is 7.20. The highest BCUT2D eigenvalue weighted by Crippen LogP contribution is 2.30. The molecular formula is C22H26N8O3. The van der Waals surface area contributed by atoms with Crippen LogP contribution in [0.1, 0.15) is 41.9 Å². The van der Waals surface area contributed by atoms with Gasteiger partial charge in [0.2, 0.25) is 5.82 Å². The fourth-order valence-electron chi connectivity index (χ4n) is 3.89. The van der Waals surface area contributed by atoms with E-state index in [-0.39, 0.29) is 24.6 Å². The third-order valence-corrected chi connectivity index (χ3v) is 5.64. The number of nitrogens with one attached hydrogen (secondary N) is 2. The molecule has 1 fully saturated rings. The highest BCUT2D eigenvalue weighted by molar-refractivity contribution is 5.96. The number of fused-ring (bicyclic) bond motifs is 1. The van der Waals surface area contributed by atoms with Crippen LogP contribution in [0.4, 0.5) is 5.82 Å². The van der Waals surface area contributed by atoms with Crippen molar-refractivity contribution in [2.75, 3.05) is 24.5 Å². The van der Waals surface area contributed by atoms with Gasteiger partial charge < -0.3 is 25.6 Å². The lowest BCUT2D eigenvalue weighted by molar-refractivity contribution is -0.136. The smallest absolute Gasteiger partial charge is 0.305 e. The van der Waals surface area contributed by atoms with Crippen LogP contribution in [0.3, 0.4) is 0 Å². The van der Waals surface area contributed by atoms with Crippen molar-refractivity contribution in [3.63, 3.8) is 0 Å². The van der Waals surface area contributed by atoms with Crippen LogP contribution < -0.4 is 16.0 Å². The average molecular weight is 451 g/mol. The summed E-state index contributed by atoms with van der Waals surface area (Å²) in [5.74, 6) is -0.294. The molecule has 0 unspecified atom stereocenters. The lowest BCUT2D eigenvalue weighted by Crippen LogP contribution is -2.32. The van der Waals surface area contributed by atoms with Crippen molar-refractivity contribution in [3.8, 4) is 11.4 Å². The summed E-state index contributed by atoms with van der Waals surface area (Å²) in [6.45, 7) is 1.62. The Morgan fingerprint density at radius 2 is 1.82 bits per heavy atom. The van der Waals surface area contributed by atoms with Gasteiger partial charge in [0, 0.05) is 37.8 Å². The molecule has 0 spiro atoms. The first-order chi connectivity index (χ1) is 15.8. The zero-order valence-corrected chi connectivity index (χ0v) is 18.3. The van der Waals surface area contributed by atoms with Crippen LogP contribution in [-0.4, -0.2) is 62.0 Å². The number of hydrogen-bond donors (Lipinski definition) is 4. The van der Waals surface area contributed by atoms with Crippen LogP contribution in [0.25, 0.3) is 22.6 Å². The van der Waals surface area contributed by atoms with E-state index in [0.29, 0.717) is 28.4 Å². The molecule has 1 aliphatic rings. The van der Waals surface area contributed by atoms with E-state index in [0.717, 1.165) is 37.9 Å². The van der Waals surface area contributed by atoms with Gasteiger partial charge in [-0.3, -0.25) is 15.0 Å². The quantitative estimate of drug-likeness (QED) is 0.311. The topological polar surface area (TPSA) is 163 Å². The van der Waals surface area contributed by atoms with Crippen LogP contribution in [0, 0.1) is 5.41 Å². The Bertz CT molecular complexity index is 1210. The van der Waals surface area contributed by atoms with Crippen LogP contribution in [0.5, 0.6) is 0 Å². The number of piperidine rings is 1. The lowest BCUT2D eigenvalue weighted by atomic mass is 10.1. The van der Waals surface area contributed by atoms with Gasteiger partial charge in [-0.1, -0.05) is 24.3 Å². The number of carbonyl (C=O) groups excluding carboxylic acids is 1. The number of anilines is 1. The van der Waals surface area contributed by atoms with Gasteiger partial charge in [0.15, 0.2) is 17.0 Å². The molecule has 3 heterocycles. The van der Waals surface area contributed by atoms with E-state index in [2.05, 4.69) is 20.2 Å². The minimum atomic E-state index is -0.993. The number of carboxylic acids is 1. The molecule has 0 atom stereocenters. The molecule has 1 amide bonds. The predicted octanol–water partition coefficient (Wildman–Crippen LogP) is 1.51. The Labute approximate surface area is 190 Å². The summed E-state index contributed by atoms with van der Waals surface area (Å²) in [4.78, 5) is 39.4. The number of rotatable bonds is 7. The van der Waals surface area contributed by atoms with E-state index in [1.807, 2.05) is 19.2 Å². The second-order valence-electron chi connectivity index (χ2n) is 7.98. The van der Waals surface area contributed by atoms with E-state index >= 15 is 0 Å². The number of imidazole rings is 1. The molecule has 0 saturated carbocycles. The Morgan fingerprint density at radius 3 is 2.45 bits per heavy atom. The second kappa shape index (κ2) is 9.23. The van der Waals surface area contributed by atoms with Crippen LogP contribution in [0.15, 0.2) is 24.3 Å². The largest absolute Gasteiger partial charge is 0.481 e. The Kier molecular flexibility index (Phi) is 6.20. The highest BCUT2D eigenvalue weighted by Gasteiger charge is 2.24. The number of nitrogens with two attached hydrogens (primary N) is 1. The van der Waals surface area contributed by atoms with E-state index in [1.165, 1.54) is 0 Å². The monoisotopic (exact) mass is 450 g/mol. The van der Waals surface area contributed by atoms with Gasteiger partial charge in [-0.25, -0.2) is 15.0 Å². The highest BCUT2D eigenvalue weighted by atomic mass is 16.4. The van der Waals surface area contributed by atoms with Gasteiger partial charge in [0.05, 0.1) is 6.42 Å². The van der Waals surface area contributed by atoms with Gasteiger partial charge in [-0.15, -0.1) is 0 Å². The SMILES string of the molecule is Cn1c(-c2ccc(C(=N)N)cc2)nc2c(N3CCCCC3)nc(C(=O)NCCC(=O)O)nc21. The van der Waals surface area contributed by atoms with Crippen molar-refractivity contribution in [2.24, 2.45) is 12.8 Å². The van der Waals surface area contributed by atoms with E-state index in [4.69, 9.17) is 21.2 Å². The molecule has 4 rings (SSSR count). The number of hydrogen-bond acceptors (Lipinski definition) is 7. The maximum absolute atomic E-state index is 12.7. The summed E-state index contributed by atoms with van der Waals surface area (Å²) in [7, 11) is 1.82. The fraction of sp³-hybridized carbons (Fsp3) is 0.364. The number of aliphatic carboxylic acids is 1. The number of benzene rings is 1. The maximum atomic E-state index is 12.7. The molecule has 1 aliphatic heterocycles. The molecule has 11 heteroatoms. The molecule has 0 bridgehead atoms. The van der Waals surface area contributed by atoms with Crippen molar-refractivity contribution in [2.45, 2.75) is 25.7 Å². The molecule has 0 radical (unpaired) electrons. The summed E-state index contributed by atoms with van der Waals surface area (Å²) in [5, 5.41) is 19.0. The van der Waals surface area contributed by atoms with Crippen molar-refractivity contribution in [1.29, 1.82) is 5.41 Å². The first-order valence-corrected chi connectivity index (χ1v) is 10.8. The minimum absolute atomic E-state index is 0.00620. The minimum Gasteiger partial charge on any atom is -0.481 e. The van der Waals surface area contributed by atoms with Crippen molar-refractivity contribution >= 4 is 34.7 Å². The first kappa shape index (κ1) is 22.2. The summed E-state index contributed by atoms with van der Waals surface area (Å²) in [5.41, 5.74) is 8.11. The standard InChI is InChI=1S/C22H26N8O3/c1-29-19(14-7-5-13(6-8-14)17(23)24)26-16-20(29)27-18(22(33)25-10-9-15(31)32)28-21(16)30-11-3-2-4-12-30/h5-8H,2-4,9-12H2,1H3,(H3,23,24)(H,25,33)(H,31,32). The third kappa shape index (κ3) is 4.61. The van der Waals surface area contributed by atoms with Crippen molar-refractivity contribution in [3.05, 3.63) is 35.7 Å². The Balaban J connectivity index is 1.78. The zero-order valence-electron chi connectivity index (χ0n) is 18.3. The van der Waals surface area contributed by atoms with Crippen molar-refractivity contribution < 1.29 is 14.7 Å². The summed E-state index contributed by atoms with van der Waals surface area (Å²) >= 11 is 0. The molecule has 11 nitrogen and oxygen atoms in total. The molecule has 1 aromatic carbocycles. The molecule has 2 aromatic heterocycles. The summed E-state index contributed by atoms with van der Waals surface area (Å²) < 4.78 is 1.81. The normalized spacial score (nSPS) is 13.8. The third-order valence-electron chi connectivity index (χ3n) is 5.64. The number of aromatic nitrogens is 4. The molecule has 172 valence electrons. The summed E-state index contributed by atoms with van der Waals surface area (Å²) in [6.07, 6.45) is 3.01.